The van der Waals surface area contributed by atoms with Crippen molar-refractivity contribution in [1.29, 1.82) is 0 Å². The summed E-state index contributed by atoms with van der Waals surface area (Å²) in [6, 6.07) is 4.34. The Hall–Kier alpha value is -2.77. The van der Waals surface area contributed by atoms with Gasteiger partial charge in [-0.2, -0.15) is 0 Å². The molecule has 1 heterocycles. The average Bonchev–Trinajstić information content (AvgIpc) is 3.21. The summed E-state index contributed by atoms with van der Waals surface area (Å²) in [6.45, 7) is 10.6. The van der Waals surface area contributed by atoms with Crippen molar-refractivity contribution in [3.8, 4) is 10.6 Å². The number of carboxylic acid groups (broad SMARTS) is 1. The van der Waals surface area contributed by atoms with Crippen molar-refractivity contribution in [3.63, 3.8) is 0 Å². The molecule has 1 saturated carbocycles. The minimum atomic E-state index is -4.00. The third-order valence-electron chi connectivity index (χ3n) is 5.43. The standard InChI is InChI=1S/C24H35N5O6S2/c1-23(2,3)29-37(33,34)18-13-16(25-21(30)31)11-12-17(18)20-28-27-19(36-20)14-7-9-15(10-8-14)26-22(32)35-24(4,5)6/h11-15,25,29H,7-10H2,1-6H3,(H,26,32)(H,30,31). The number of hydrogen-bond acceptors (Lipinski definition) is 8. The average molecular weight is 554 g/mol. The lowest BCUT2D eigenvalue weighted by atomic mass is 9.86. The van der Waals surface area contributed by atoms with Gasteiger partial charge in [-0.1, -0.05) is 11.3 Å². The van der Waals surface area contributed by atoms with Gasteiger partial charge >= 0.3 is 12.2 Å². The molecule has 4 N–H and O–H groups in total. The Morgan fingerprint density at radius 3 is 2.27 bits per heavy atom. The van der Waals surface area contributed by atoms with Gasteiger partial charge in [0.2, 0.25) is 10.0 Å². The van der Waals surface area contributed by atoms with Crippen LogP contribution in [-0.2, 0) is 14.8 Å². The Kier molecular flexibility index (Phi) is 8.50. The largest absolute Gasteiger partial charge is 0.465 e. The maximum absolute atomic E-state index is 13.2. The zero-order valence-corrected chi connectivity index (χ0v) is 23.5. The van der Waals surface area contributed by atoms with Gasteiger partial charge in [-0.15, -0.1) is 10.2 Å². The quantitative estimate of drug-likeness (QED) is 0.392. The molecule has 11 nitrogen and oxygen atoms in total. The first-order valence-corrected chi connectivity index (χ1v) is 14.3. The van der Waals surface area contributed by atoms with E-state index in [0.717, 1.165) is 30.7 Å². The number of aromatic nitrogens is 2. The fourth-order valence-corrected chi connectivity index (χ4v) is 6.82. The summed E-state index contributed by atoms with van der Waals surface area (Å²) in [5.74, 6) is 0.142. The number of alkyl carbamates (subject to hydrolysis) is 1. The molecule has 2 aromatic rings. The number of carbonyl (C=O) groups excluding carboxylic acids is 1. The number of rotatable bonds is 6. The monoisotopic (exact) mass is 553 g/mol. The van der Waals surface area contributed by atoms with Crippen molar-refractivity contribution >= 4 is 39.2 Å². The molecular formula is C24H35N5O6S2. The Morgan fingerprint density at radius 1 is 1.05 bits per heavy atom. The first kappa shape index (κ1) is 28.8. The molecule has 3 rings (SSSR count). The number of sulfonamides is 1. The van der Waals surface area contributed by atoms with E-state index in [2.05, 4.69) is 25.6 Å². The number of benzene rings is 1. The second-order valence-electron chi connectivity index (χ2n) is 11.1. The Labute approximate surface area is 221 Å². The number of hydrogen-bond donors (Lipinski definition) is 4. The van der Waals surface area contributed by atoms with E-state index in [1.807, 2.05) is 20.8 Å². The van der Waals surface area contributed by atoms with Crippen molar-refractivity contribution in [3.05, 3.63) is 23.2 Å². The summed E-state index contributed by atoms with van der Waals surface area (Å²) >= 11 is 1.32. The molecule has 0 aliphatic heterocycles. The number of nitrogens with one attached hydrogen (secondary N) is 3. The van der Waals surface area contributed by atoms with Crippen LogP contribution in [0.3, 0.4) is 0 Å². The highest BCUT2D eigenvalue weighted by molar-refractivity contribution is 7.89. The second kappa shape index (κ2) is 10.9. The van der Waals surface area contributed by atoms with E-state index in [9.17, 15) is 18.0 Å². The van der Waals surface area contributed by atoms with Gasteiger partial charge in [-0.25, -0.2) is 22.7 Å². The number of amides is 2. The second-order valence-corrected chi connectivity index (χ2v) is 13.8. The smallest absolute Gasteiger partial charge is 0.409 e. The molecule has 204 valence electrons. The SMILES string of the molecule is CC(C)(C)NS(=O)(=O)c1cc(NC(=O)O)ccc1-c1nnc(C2CCC(NC(=O)OC(C)(C)C)CC2)s1. The fraction of sp³-hybridized carbons (Fsp3) is 0.583. The summed E-state index contributed by atoms with van der Waals surface area (Å²) in [7, 11) is -4.00. The summed E-state index contributed by atoms with van der Waals surface area (Å²) in [5, 5.41) is 24.1. The topological polar surface area (TPSA) is 160 Å². The lowest BCUT2D eigenvalue weighted by Gasteiger charge is -2.29. The Balaban J connectivity index is 1.79. The van der Waals surface area contributed by atoms with Crippen LogP contribution in [0.15, 0.2) is 23.1 Å². The molecule has 1 aliphatic carbocycles. The third-order valence-corrected chi connectivity index (χ3v) is 8.35. The predicted octanol–water partition coefficient (Wildman–Crippen LogP) is 4.92. The molecule has 1 aliphatic rings. The molecule has 37 heavy (non-hydrogen) atoms. The van der Waals surface area contributed by atoms with Gasteiger partial charge in [0, 0.05) is 28.7 Å². The minimum Gasteiger partial charge on any atom is -0.465 e. The van der Waals surface area contributed by atoms with Crippen LogP contribution < -0.4 is 15.4 Å². The molecule has 0 spiro atoms. The van der Waals surface area contributed by atoms with Crippen LogP contribution in [0.2, 0.25) is 0 Å². The van der Waals surface area contributed by atoms with Crippen molar-refractivity contribution in [1.82, 2.24) is 20.2 Å². The highest BCUT2D eigenvalue weighted by atomic mass is 32.2. The van der Waals surface area contributed by atoms with Crippen LogP contribution in [0.1, 0.15) is 78.2 Å². The van der Waals surface area contributed by atoms with Crippen LogP contribution in [0, 0.1) is 0 Å². The summed E-state index contributed by atoms with van der Waals surface area (Å²) in [4.78, 5) is 23.1. The van der Waals surface area contributed by atoms with Gasteiger partial charge in [0.05, 0.1) is 4.90 Å². The van der Waals surface area contributed by atoms with E-state index in [-0.39, 0.29) is 22.5 Å². The number of ether oxygens (including phenoxy) is 1. The maximum Gasteiger partial charge on any atom is 0.409 e. The van der Waals surface area contributed by atoms with E-state index in [1.165, 1.54) is 29.5 Å². The molecule has 1 aromatic carbocycles. The van der Waals surface area contributed by atoms with Gasteiger partial charge in [0.25, 0.3) is 0 Å². The summed E-state index contributed by atoms with van der Waals surface area (Å²) in [5.41, 5.74) is -0.825. The van der Waals surface area contributed by atoms with Crippen LogP contribution in [0.4, 0.5) is 15.3 Å². The van der Waals surface area contributed by atoms with Crippen LogP contribution >= 0.6 is 11.3 Å². The maximum atomic E-state index is 13.2. The van der Waals surface area contributed by atoms with Crippen LogP contribution in [0.25, 0.3) is 10.6 Å². The number of anilines is 1. The zero-order valence-electron chi connectivity index (χ0n) is 21.9. The molecule has 0 unspecified atom stereocenters. The van der Waals surface area contributed by atoms with Gasteiger partial charge in [0.1, 0.15) is 15.6 Å². The van der Waals surface area contributed by atoms with Gasteiger partial charge in [-0.3, -0.25) is 5.32 Å². The van der Waals surface area contributed by atoms with E-state index >= 15 is 0 Å². The normalized spacial score (nSPS) is 18.8. The fourth-order valence-electron chi connectivity index (χ4n) is 4.05. The lowest BCUT2D eigenvalue weighted by Crippen LogP contribution is -2.40. The van der Waals surface area contributed by atoms with Crippen LogP contribution in [-0.4, -0.2) is 53.1 Å². The first-order chi connectivity index (χ1) is 17.0. The molecule has 1 fully saturated rings. The third kappa shape index (κ3) is 8.37. The van der Waals surface area contributed by atoms with Gasteiger partial charge < -0.3 is 15.2 Å². The molecule has 0 bridgehead atoms. The molecule has 2 amide bonds. The predicted molar refractivity (Wildman–Crippen MR) is 141 cm³/mol. The minimum absolute atomic E-state index is 0.0213. The van der Waals surface area contributed by atoms with Gasteiger partial charge in [-0.05, 0) is 85.4 Å². The van der Waals surface area contributed by atoms with E-state index in [4.69, 9.17) is 9.84 Å². The zero-order chi connectivity index (χ0) is 27.6. The van der Waals surface area contributed by atoms with Crippen molar-refractivity contribution in [2.45, 2.75) is 95.2 Å². The highest BCUT2D eigenvalue weighted by Gasteiger charge is 2.30. The Morgan fingerprint density at radius 2 is 1.70 bits per heavy atom. The molecule has 0 atom stereocenters. The van der Waals surface area contributed by atoms with Crippen LogP contribution in [0.5, 0.6) is 0 Å². The van der Waals surface area contributed by atoms with Crippen molar-refractivity contribution in [2.24, 2.45) is 0 Å². The highest BCUT2D eigenvalue weighted by Crippen LogP contribution is 2.38. The van der Waals surface area contributed by atoms with E-state index in [1.54, 1.807) is 20.8 Å². The van der Waals surface area contributed by atoms with Crippen molar-refractivity contribution < 1.29 is 27.9 Å². The van der Waals surface area contributed by atoms with Crippen molar-refractivity contribution in [2.75, 3.05) is 5.32 Å². The number of carbonyl (C=O) groups is 2. The molecule has 1 aromatic heterocycles. The first-order valence-electron chi connectivity index (χ1n) is 12.0. The lowest BCUT2D eigenvalue weighted by molar-refractivity contribution is 0.0491. The van der Waals surface area contributed by atoms with E-state index < -0.39 is 33.3 Å². The Bertz CT molecular complexity index is 1240. The molecule has 13 heteroatoms. The van der Waals surface area contributed by atoms with Gasteiger partial charge in [0.15, 0.2) is 0 Å². The number of nitrogens with zero attached hydrogens (tertiary/aromatic N) is 2. The summed E-state index contributed by atoms with van der Waals surface area (Å²) in [6.07, 6.45) is 1.41. The molecule has 0 saturated heterocycles. The van der Waals surface area contributed by atoms with E-state index in [0.29, 0.717) is 10.6 Å². The molecule has 0 radical (unpaired) electrons. The molecular weight excluding hydrogens is 518 g/mol. The summed E-state index contributed by atoms with van der Waals surface area (Å²) < 4.78 is 34.4.